The number of ether oxygens (including phenoxy) is 2. The number of methoxy groups -OCH3 is 2. The first-order valence-corrected chi connectivity index (χ1v) is 12.1. The Kier molecular flexibility index (Phi) is 6.57. The van der Waals surface area contributed by atoms with E-state index in [1.807, 2.05) is 36.9 Å². The van der Waals surface area contributed by atoms with E-state index >= 15 is 0 Å². The summed E-state index contributed by atoms with van der Waals surface area (Å²) in [5.74, 6) is 3.49. The van der Waals surface area contributed by atoms with Crippen molar-refractivity contribution in [3.05, 3.63) is 62.7 Å². The van der Waals surface area contributed by atoms with E-state index in [1.165, 1.54) is 5.56 Å². The molecule has 1 aliphatic heterocycles. The van der Waals surface area contributed by atoms with E-state index in [1.54, 1.807) is 37.3 Å². The molecule has 1 unspecified atom stereocenters. The van der Waals surface area contributed by atoms with Crippen molar-refractivity contribution >= 4 is 29.0 Å². The van der Waals surface area contributed by atoms with Crippen LogP contribution in [-0.4, -0.2) is 42.5 Å². The van der Waals surface area contributed by atoms with Crippen LogP contribution < -0.4 is 9.47 Å². The number of thioether (sulfide) groups is 1. The third kappa shape index (κ3) is 4.32. The number of benzene rings is 1. The smallest absolute Gasteiger partial charge is 0.233 e. The predicted molar refractivity (Wildman–Crippen MR) is 123 cm³/mol. The first-order chi connectivity index (χ1) is 15.0. The fourth-order valence-corrected chi connectivity index (χ4v) is 5.91. The van der Waals surface area contributed by atoms with Gasteiger partial charge in [0.25, 0.3) is 0 Å². The summed E-state index contributed by atoms with van der Waals surface area (Å²) in [5.41, 5.74) is 4.27. The molecule has 1 aromatic carbocycles. The Hall–Kier alpha value is -2.45. The number of aromatic nitrogens is 1. The van der Waals surface area contributed by atoms with Crippen LogP contribution in [0.2, 0.25) is 0 Å². The number of amides is 1. The maximum atomic E-state index is 13.3. The molecule has 3 heterocycles. The molecule has 0 radical (unpaired) electrons. The Labute approximate surface area is 190 Å². The van der Waals surface area contributed by atoms with E-state index in [0.717, 1.165) is 39.6 Å². The lowest BCUT2D eigenvalue weighted by molar-refractivity contribution is -0.130. The molecular formula is C23H26N2O4S2. The first kappa shape index (κ1) is 21.8. The van der Waals surface area contributed by atoms with Gasteiger partial charge < -0.3 is 18.9 Å². The summed E-state index contributed by atoms with van der Waals surface area (Å²) in [6.07, 6.45) is 0.790. The topological polar surface area (TPSA) is 64.8 Å². The molecule has 1 amide bonds. The van der Waals surface area contributed by atoms with Gasteiger partial charge in [0.1, 0.15) is 5.76 Å². The highest BCUT2D eigenvalue weighted by Crippen LogP contribution is 2.42. The van der Waals surface area contributed by atoms with Crippen LogP contribution in [0.5, 0.6) is 11.5 Å². The zero-order chi connectivity index (χ0) is 22.0. The number of hydrogen-bond acceptors (Lipinski definition) is 7. The minimum absolute atomic E-state index is 0.115. The minimum atomic E-state index is -0.115. The molecule has 6 nitrogen and oxygen atoms in total. The van der Waals surface area contributed by atoms with E-state index in [2.05, 4.69) is 16.6 Å². The molecule has 0 aliphatic carbocycles. The van der Waals surface area contributed by atoms with Crippen molar-refractivity contribution < 1.29 is 18.8 Å². The molecule has 1 aliphatic rings. The van der Waals surface area contributed by atoms with E-state index in [4.69, 9.17) is 14.0 Å². The summed E-state index contributed by atoms with van der Waals surface area (Å²) < 4.78 is 16.3. The van der Waals surface area contributed by atoms with Crippen molar-refractivity contribution in [2.24, 2.45) is 0 Å². The minimum Gasteiger partial charge on any atom is -0.493 e. The monoisotopic (exact) mass is 458 g/mol. The SMILES string of the molecule is COc1cc2c(cc1OC)C(c1cccs1)N(C(=O)CSCc1c(C)noc1C)CC2. The largest absolute Gasteiger partial charge is 0.493 e. The standard InChI is InChI=1S/C23H26N2O4S2/c1-14-18(15(2)29-24-14)12-30-13-22(26)25-8-7-16-10-19(27-3)20(28-4)11-17(16)23(25)21-6-5-9-31-21/h5-6,9-11,23H,7-8,12-13H2,1-4H3. The van der Waals surface area contributed by atoms with Crippen LogP contribution in [0.1, 0.15) is 39.1 Å². The van der Waals surface area contributed by atoms with Gasteiger partial charge >= 0.3 is 0 Å². The van der Waals surface area contributed by atoms with E-state index in [0.29, 0.717) is 23.8 Å². The Morgan fingerprint density at radius 3 is 2.71 bits per heavy atom. The number of carbonyl (C=O) groups excluding carboxylic acids is 1. The van der Waals surface area contributed by atoms with Gasteiger partial charge in [0.15, 0.2) is 11.5 Å². The van der Waals surface area contributed by atoms with Gasteiger partial charge in [0.2, 0.25) is 5.91 Å². The van der Waals surface area contributed by atoms with Crippen molar-refractivity contribution in [2.45, 2.75) is 32.1 Å². The lowest BCUT2D eigenvalue weighted by Crippen LogP contribution is -2.41. The second-order valence-corrected chi connectivity index (χ2v) is 9.42. The summed E-state index contributed by atoms with van der Waals surface area (Å²) in [4.78, 5) is 16.5. The number of thiophene rings is 1. The Morgan fingerprint density at radius 1 is 1.29 bits per heavy atom. The highest BCUT2D eigenvalue weighted by atomic mass is 32.2. The summed E-state index contributed by atoms with van der Waals surface area (Å²) >= 11 is 3.27. The molecule has 0 fully saturated rings. The summed E-state index contributed by atoms with van der Waals surface area (Å²) in [7, 11) is 3.29. The Balaban J connectivity index is 1.58. The highest BCUT2D eigenvalue weighted by Gasteiger charge is 2.33. The van der Waals surface area contributed by atoms with Crippen LogP contribution in [0.3, 0.4) is 0 Å². The highest BCUT2D eigenvalue weighted by molar-refractivity contribution is 7.99. The average molecular weight is 459 g/mol. The molecular weight excluding hydrogens is 432 g/mol. The summed E-state index contributed by atoms with van der Waals surface area (Å²) in [5, 5.41) is 6.06. The number of fused-ring (bicyclic) bond motifs is 1. The van der Waals surface area contributed by atoms with Crippen molar-refractivity contribution in [1.29, 1.82) is 0 Å². The molecule has 8 heteroatoms. The van der Waals surface area contributed by atoms with Gasteiger partial charge in [0, 0.05) is 22.7 Å². The first-order valence-electron chi connectivity index (χ1n) is 10.1. The van der Waals surface area contributed by atoms with Gasteiger partial charge in [0.05, 0.1) is 31.7 Å². The average Bonchev–Trinajstić information content (AvgIpc) is 3.42. The predicted octanol–water partition coefficient (Wildman–Crippen LogP) is 4.78. The van der Waals surface area contributed by atoms with Gasteiger partial charge in [-0.15, -0.1) is 23.1 Å². The molecule has 4 rings (SSSR count). The van der Waals surface area contributed by atoms with Gasteiger partial charge in [-0.3, -0.25) is 4.79 Å². The van der Waals surface area contributed by atoms with Crippen LogP contribution in [0.15, 0.2) is 34.2 Å². The molecule has 3 aromatic rings. The Bertz CT molecular complexity index is 1040. The van der Waals surface area contributed by atoms with Crippen LogP contribution in [-0.2, 0) is 17.0 Å². The fraction of sp³-hybridized carbons (Fsp3) is 0.391. The summed E-state index contributed by atoms with van der Waals surface area (Å²) in [6, 6.07) is 8.08. The molecule has 0 N–H and O–H groups in total. The van der Waals surface area contributed by atoms with Crippen molar-refractivity contribution in [3.63, 3.8) is 0 Å². The zero-order valence-corrected chi connectivity index (χ0v) is 19.8. The number of rotatable bonds is 7. The number of carbonyl (C=O) groups is 1. The molecule has 0 saturated carbocycles. The lowest BCUT2D eigenvalue weighted by atomic mass is 9.91. The van der Waals surface area contributed by atoms with E-state index < -0.39 is 0 Å². The quantitative estimate of drug-likeness (QED) is 0.508. The number of hydrogen-bond donors (Lipinski definition) is 0. The zero-order valence-electron chi connectivity index (χ0n) is 18.1. The molecule has 31 heavy (non-hydrogen) atoms. The van der Waals surface area contributed by atoms with Gasteiger partial charge in [-0.05, 0) is 55.0 Å². The molecule has 2 aromatic heterocycles. The molecule has 1 atom stereocenters. The maximum Gasteiger partial charge on any atom is 0.233 e. The third-order valence-electron chi connectivity index (χ3n) is 5.66. The van der Waals surface area contributed by atoms with Gasteiger partial charge in [-0.25, -0.2) is 0 Å². The van der Waals surface area contributed by atoms with Gasteiger partial charge in [-0.2, -0.15) is 0 Å². The molecule has 164 valence electrons. The molecule has 0 saturated heterocycles. The van der Waals surface area contributed by atoms with Crippen molar-refractivity contribution in [3.8, 4) is 11.5 Å². The molecule has 0 spiro atoms. The van der Waals surface area contributed by atoms with Crippen LogP contribution >= 0.6 is 23.1 Å². The van der Waals surface area contributed by atoms with E-state index in [-0.39, 0.29) is 11.9 Å². The Morgan fingerprint density at radius 2 is 2.06 bits per heavy atom. The van der Waals surface area contributed by atoms with Crippen molar-refractivity contribution in [2.75, 3.05) is 26.5 Å². The number of aryl methyl sites for hydroxylation is 2. The van der Waals surface area contributed by atoms with Crippen LogP contribution in [0.25, 0.3) is 0 Å². The summed E-state index contributed by atoms with van der Waals surface area (Å²) in [6.45, 7) is 4.52. The molecule has 0 bridgehead atoms. The second kappa shape index (κ2) is 9.36. The second-order valence-electron chi connectivity index (χ2n) is 7.46. The normalized spacial score (nSPS) is 15.6. The van der Waals surface area contributed by atoms with E-state index in [9.17, 15) is 4.79 Å². The fourth-order valence-electron chi connectivity index (χ4n) is 4.00. The van der Waals surface area contributed by atoms with Gasteiger partial charge in [-0.1, -0.05) is 11.2 Å². The maximum absolute atomic E-state index is 13.3. The number of nitrogens with zero attached hydrogens (tertiary/aromatic N) is 2. The third-order valence-corrected chi connectivity index (χ3v) is 7.53. The van der Waals surface area contributed by atoms with Crippen molar-refractivity contribution in [1.82, 2.24) is 10.1 Å². The van der Waals surface area contributed by atoms with Crippen LogP contribution in [0.4, 0.5) is 0 Å². The lowest BCUT2D eigenvalue weighted by Gasteiger charge is -2.37. The van der Waals surface area contributed by atoms with Crippen LogP contribution in [0, 0.1) is 13.8 Å².